The summed E-state index contributed by atoms with van der Waals surface area (Å²) < 4.78 is 0. The fraction of sp³-hybridized carbons (Fsp3) is 0. The van der Waals surface area contributed by atoms with Crippen LogP contribution in [0.5, 0.6) is 0 Å². The largest absolute Gasteiger partial charge is 0.305 e. The third-order valence-corrected chi connectivity index (χ3v) is 2.55. The summed E-state index contributed by atoms with van der Waals surface area (Å²) in [6.07, 6.45) is 1.45. The number of hydrogen-bond donors (Lipinski definition) is 1. The van der Waals surface area contributed by atoms with Crippen LogP contribution in [0, 0.1) is 10.1 Å². The van der Waals surface area contributed by atoms with Gasteiger partial charge in [-0.3, -0.25) is 14.9 Å². The van der Waals surface area contributed by atoms with Crippen LogP contribution in [-0.2, 0) is 0 Å². The van der Waals surface area contributed by atoms with Gasteiger partial charge in [0.25, 0.3) is 11.6 Å². The third-order valence-electron chi connectivity index (χ3n) is 2.22. The molecule has 2 rings (SSSR count). The van der Waals surface area contributed by atoms with E-state index in [-0.39, 0.29) is 22.1 Å². The van der Waals surface area contributed by atoms with Crippen LogP contribution in [0.15, 0.2) is 36.5 Å². The zero-order valence-electron chi connectivity index (χ0n) is 9.41. The maximum absolute atomic E-state index is 11.9. The van der Waals surface area contributed by atoms with Gasteiger partial charge in [-0.25, -0.2) is 0 Å². The highest BCUT2D eigenvalue weighted by atomic mass is 35.5. The van der Waals surface area contributed by atoms with Crippen molar-refractivity contribution in [2.75, 3.05) is 5.32 Å². The molecule has 1 amide bonds. The monoisotopic (exact) mass is 278 g/mol. The predicted octanol–water partition coefficient (Wildman–Crippen LogP) is 2.29. The highest BCUT2D eigenvalue weighted by Crippen LogP contribution is 2.22. The van der Waals surface area contributed by atoms with Crippen LogP contribution in [0.2, 0.25) is 5.02 Å². The number of nitrogens with one attached hydrogen (secondary N) is 1. The maximum atomic E-state index is 11.9. The van der Waals surface area contributed by atoms with Gasteiger partial charge >= 0.3 is 0 Å². The van der Waals surface area contributed by atoms with Crippen molar-refractivity contribution in [2.45, 2.75) is 0 Å². The molecule has 19 heavy (non-hydrogen) atoms. The van der Waals surface area contributed by atoms with Gasteiger partial charge in [0.05, 0.1) is 15.5 Å². The molecule has 0 aliphatic rings. The van der Waals surface area contributed by atoms with Crippen LogP contribution in [-0.4, -0.2) is 21.0 Å². The van der Waals surface area contributed by atoms with Gasteiger partial charge in [-0.1, -0.05) is 11.6 Å². The van der Waals surface area contributed by atoms with Gasteiger partial charge in [-0.05, 0) is 18.2 Å². The number of carbonyl (C=O) groups is 1. The fourth-order valence-electron chi connectivity index (χ4n) is 1.35. The summed E-state index contributed by atoms with van der Waals surface area (Å²) in [5, 5.41) is 20.5. The molecule has 0 aliphatic carbocycles. The minimum Gasteiger partial charge on any atom is -0.305 e. The summed E-state index contributed by atoms with van der Waals surface area (Å²) in [5.41, 5.74) is -0.213. The molecule has 1 aromatic carbocycles. The number of non-ortho nitro benzene ring substituents is 1. The molecule has 0 atom stereocenters. The van der Waals surface area contributed by atoms with E-state index in [0.29, 0.717) is 0 Å². The molecule has 1 heterocycles. The van der Waals surface area contributed by atoms with E-state index in [9.17, 15) is 14.9 Å². The lowest BCUT2D eigenvalue weighted by Gasteiger charge is -2.05. The number of nitro groups is 1. The fourth-order valence-corrected chi connectivity index (χ4v) is 1.56. The van der Waals surface area contributed by atoms with Crippen molar-refractivity contribution in [1.29, 1.82) is 0 Å². The molecule has 0 aliphatic heterocycles. The minimum atomic E-state index is -0.602. The first-order chi connectivity index (χ1) is 9.08. The predicted molar refractivity (Wildman–Crippen MR) is 68.1 cm³/mol. The number of carbonyl (C=O) groups excluding carboxylic acids is 1. The van der Waals surface area contributed by atoms with Gasteiger partial charge < -0.3 is 5.32 Å². The van der Waals surface area contributed by atoms with Crippen LogP contribution < -0.4 is 5.32 Å². The quantitative estimate of drug-likeness (QED) is 0.686. The Morgan fingerprint density at radius 1 is 1.37 bits per heavy atom. The zero-order valence-corrected chi connectivity index (χ0v) is 10.2. The van der Waals surface area contributed by atoms with Gasteiger partial charge in [0.2, 0.25) is 0 Å². The highest BCUT2D eigenvalue weighted by molar-refractivity contribution is 6.34. The minimum absolute atomic E-state index is 0.00141. The highest BCUT2D eigenvalue weighted by Gasteiger charge is 2.16. The summed E-state index contributed by atoms with van der Waals surface area (Å²) in [5.74, 6) is -0.357. The van der Waals surface area contributed by atoms with E-state index >= 15 is 0 Å². The lowest BCUT2D eigenvalue weighted by Crippen LogP contribution is -2.14. The molecule has 0 saturated heterocycles. The second-order valence-electron chi connectivity index (χ2n) is 3.48. The van der Waals surface area contributed by atoms with Crippen LogP contribution in [0.3, 0.4) is 0 Å². The van der Waals surface area contributed by atoms with Crippen molar-refractivity contribution in [3.05, 3.63) is 57.2 Å². The number of anilines is 1. The summed E-state index contributed by atoms with van der Waals surface area (Å²) in [7, 11) is 0. The molecule has 96 valence electrons. The Bertz CT molecular complexity index is 633. The van der Waals surface area contributed by atoms with Crippen LogP contribution in [0.1, 0.15) is 10.4 Å². The first-order valence-corrected chi connectivity index (χ1v) is 5.49. The first kappa shape index (κ1) is 12.9. The molecule has 1 aromatic heterocycles. The number of nitro benzene ring substituents is 1. The average Bonchev–Trinajstić information content (AvgIpc) is 2.40. The van der Waals surface area contributed by atoms with Crippen molar-refractivity contribution in [3.8, 4) is 0 Å². The van der Waals surface area contributed by atoms with E-state index in [1.165, 1.54) is 24.4 Å². The Morgan fingerprint density at radius 3 is 2.79 bits per heavy atom. The Labute approximate surface area is 112 Å². The topological polar surface area (TPSA) is 98.0 Å². The number of amides is 1. The molecule has 7 nitrogen and oxygen atoms in total. The number of aromatic nitrogens is 2. The van der Waals surface area contributed by atoms with Crippen molar-refractivity contribution >= 4 is 29.0 Å². The van der Waals surface area contributed by atoms with Gasteiger partial charge in [0.15, 0.2) is 5.82 Å². The van der Waals surface area contributed by atoms with E-state index in [0.717, 1.165) is 6.07 Å². The number of halogens is 1. The second kappa shape index (κ2) is 5.40. The Kier molecular flexibility index (Phi) is 3.67. The lowest BCUT2D eigenvalue weighted by molar-refractivity contribution is -0.384. The van der Waals surface area contributed by atoms with E-state index in [1.54, 1.807) is 6.07 Å². The van der Waals surface area contributed by atoms with Crippen molar-refractivity contribution < 1.29 is 9.72 Å². The number of benzene rings is 1. The number of rotatable bonds is 3. The Balaban J connectivity index is 2.28. The summed E-state index contributed by atoms with van der Waals surface area (Å²) in [4.78, 5) is 22.0. The van der Waals surface area contributed by atoms with Crippen LogP contribution >= 0.6 is 11.6 Å². The molecule has 0 bridgehead atoms. The van der Waals surface area contributed by atoms with Gasteiger partial charge in [-0.15, -0.1) is 5.10 Å². The van der Waals surface area contributed by atoms with Crippen LogP contribution in [0.4, 0.5) is 11.5 Å². The van der Waals surface area contributed by atoms with Gasteiger partial charge in [0, 0.05) is 18.3 Å². The molecule has 2 aromatic rings. The van der Waals surface area contributed by atoms with E-state index < -0.39 is 10.8 Å². The summed E-state index contributed by atoms with van der Waals surface area (Å²) >= 11 is 5.84. The molecule has 8 heteroatoms. The average molecular weight is 279 g/mol. The molecule has 0 spiro atoms. The van der Waals surface area contributed by atoms with Crippen molar-refractivity contribution in [3.63, 3.8) is 0 Å². The van der Waals surface area contributed by atoms with Crippen molar-refractivity contribution in [2.24, 2.45) is 0 Å². The zero-order chi connectivity index (χ0) is 13.8. The Morgan fingerprint density at radius 2 is 2.16 bits per heavy atom. The molecule has 0 fully saturated rings. The maximum Gasteiger partial charge on any atom is 0.270 e. The van der Waals surface area contributed by atoms with E-state index in [4.69, 9.17) is 11.6 Å². The summed E-state index contributed by atoms with van der Waals surface area (Å²) in [6.45, 7) is 0. The summed E-state index contributed by atoms with van der Waals surface area (Å²) in [6, 6.07) is 6.76. The Hall–Kier alpha value is -2.54. The third kappa shape index (κ3) is 3.02. The molecule has 0 saturated carbocycles. The SMILES string of the molecule is O=C(Nc1cccnn1)c1cc([N+](=O)[O-])ccc1Cl. The van der Waals surface area contributed by atoms with E-state index in [1.807, 2.05) is 0 Å². The molecular weight excluding hydrogens is 272 g/mol. The molecule has 0 radical (unpaired) electrons. The van der Waals surface area contributed by atoms with E-state index in [2.05, 4.69) is 15.5 Å². The normalized spacial score (nSPS) is 9.95. The standard InChI is InChI=1S/C11H7ClN4O3/c12-9-4-3-7(16(18)19)6-8(9)11(17)14-10-2-1-5-13-15-10/h1-6H,(H,14,15,17). The number of hydrogen-bond acceptors (Lipinski definition) is 5. The van der Waals surface area contributed by atoms with Crippen LogP contribution in [0.25, 0.3) is 0 Å². The lowest BCUT2D eigenvalue weighted by atomic mass is 10.2. The smallest absolute Gasteiger partial charge is 0.270 e. The van der Waals surface area contributed by atoms with Gasteiger partial charge in [-0.2, -0.15) is 5.10 Å². The first-order valence-electron chi connectivity index (χ1n) is 5.11. The van der Waals surface area contributed by atoms with Gasteiger partial charge in [0.1, 0.15) is 0 Å². The molecular formula is C11H7ClN4O3. The molecule has 1 N–H and O–H groups in total. The molecule has 0 unspecified atom stereocenters. The second-order valence-corrected chi connectivity index (χ2v) is 3.89. The number of nitrogens with zero attached hydrogens (tertiary/aromatic N) is 3. The van der Waals surface area contributed by atoms with Crippen molar-refractivity contribution in [1.82, 2.24) is 10.2 Å².